The standard InChI is InChI=1S/C15H13N3O2/c1-17-10-12(9-16-17)11-4-5-14(13(8-11)15(19)20)18-6-2-3-7-18/h2-10H,1H3,(H,19,20). The first-order valence-electron chi connectivity index (χ1n) is 6.15. The van der Waals surface area contributed by atoms with E-state index in [9.17, 15) is 9.90 Å². The van der Waals surface area contributed by atoms with Gasteiger partial charge in [0.2, 0.25) is 0 Å². The Morgan fingerprint density at radius 2 is 1.95 bits per heavy atom. The van der Waals surface area contributed by atoms with Crippen LogP contribution in [-0.4, -0.2) is 25.4 Å². The first-order chi connectivity index (χ1) is 9.65. The number of aryl methyl sites for hydroxylation is 1. The third-order valence-electron chi connectivity index (χ3n) is 3.15. The molecule has 20 heavy (non-hydrogen) atoms. The molecular formula is C15H13N3O2. The molecule has 0 bridgehead atoms. The van der Waals surface area contributed by atoms with Crippen molar-refractivity contribution in [3.05, 3.63) is 60.7 Å². The van der Waals surface area contributed by atoms with Crippen LogP contribution in [0.25, 0.3) is 16.8 Å². The summed E-state index contributed by atoms with van der Waals surface area (Å²) in [4.78, 5) is 11.5. The van der Waals surface area contributed by atoms with E-state index < -0.39 is 5.97 Å². The second-order valence-electron chi connectivity index (χ2n) is 4.53. The van der Waals surface area contributed by atoms with Gasteiger partial charge in [-0.05, 0) is 29.8 Å². The van der Waals surface area contributed by atoms with Crippen LogP contribution in [0.4, 0.5) is 0 Å². The molecule has 0 unspecified atom stereocenters. The van der Waals surface area contributed by atoms with Crippen LogP contribution in [0.15, 0.2) is 55.1 Å². The van der Waals surface area contributed by atoms with Crippen molar-refractivity contribution < 1.29 is 9.90 Å². The van der Waals surface area contributed by atoms with Gasteiger partial charge in [-0.3, -0.25) is 4.68 Å². The number of rotatable bonds is 3. The van der Waals surface area contributed by atoms with Gasteiger partial charge < -0.3 is 9.67 Å². The molecule has 0 radical (unpaired) electrons. The van der Waals surface area contributed by atoms with Crippen LogP contribution in [0.3, 0.4) is 0 Å². The molecule has 100 valence electrons. The van der Waals surface area contributed by atoms with Crippen molar-refractivity contribution in [3.63, 3.8) is 0 Å². The van der Waals surface area contributed by atoms with Gasteiger partial charge >= 0.3 is 5.97 Å². The first-order valence-corrected chi connectivity index (χ1v) is 6.15. The second kappa shape index (κ2) is 4.70. The van der Waals surface area contributed by atoms with Gasteiger partial charge in [-0.2, -0.15) is 5.10 Å². The topological polar surface area (TPSA) is 60.0 Å². The lowest BCUT2D eigenvalue weighted by Gasteiger charge is -2.09. The summed E-state index contributed by atoms with van der Waals surface area (Å²) in [6.45, 7) is 0. The first kappa shape index (κ1) is 12.2. The Bertz CT molecular complexity index is 757. The maximum Gasteiger partial charge on any atom is 0.337 e. The third kappa shape index (κ3) is 2.09. The molecule has 5 heteroatoms. The summed E-state index contributed by atoms with van der Waals surface area (Å²) < 4.78 is 3.48. The minimum absolute atomic E-state index is 0.266. The molecule has 3 aromatic rings. The number of carbonyl (C=O) groups is 1. The van der Waals surface area contributed by atoms with Crippen LogP contribution in [0.5, 0.6) is 0 Å². The monoisotopic (exact) mass is 267 g/mol. The van der Waals surface area contributed by atoms with Crippen molar-refractivity contribution in [3.8, 4) is 16.8 Å². The molecule has 0 aliphatic rings. The number of benzene rings is 1. The maximum absolute atomic E-state index is 11.5. The van der Waals surface area contributed by atoms with Crippen LogP contribution in [0.2, 0.25) is 0 Å². The average molecular weight is 267 g/mol. The molecule has 3 rings (SSSR count). The van der Waals surface area contributed by atoms with E-state index in [1.165, 1.54) is 0 Å². The summed E-state index contributed by atoms with van der Waals surface area (Å²) >= 11 is 0. The minimum atomic E-state index is -0.945. The second-order valence-corrected chi connectivity index (χ2v) is 4.53. The van der Waals surface area contributed by atoms with Gasteiger partial charge in [0.25, 0.3) is 0 Å². The number of carboxylic acid groups (broad SMARTS) is 1. The number of hydrogen-bond acceptors (Lipinski definition) is 2. The molecule has 0 atom stereocenters. The van der Waals surface area contributed by atoms with E-state index in [2.05, 4.69) is 5.10 Å². The highest BCUT2D eigenvalue weighted by Gasteiger charge is 2.13. The average Bonchev–Trinajstić information content (AvgIpc) is 3.09. The van der Waals surface area contributed by atoms with Crippen LogP contribution in [0.1, 0.15) is 10.4 Å². The van der Waals surface area contributed by atoms with Gasteiger partial charge in [-0.1, -0.05) is 6.07 Å². The van der Waals surface area contributed by atoms with Crippen molar-refractivity contribution in [1.29, 1.82) is 0 Å². The van der Waals surface area contributed by atoms with Gasteiger partial charge in [-0.25, -0.2) is 4.79 Å². The van der Waals surface area contributed by atoms with E-state index in [-0.39, 0.29) is 5.56 Å². The molecule has 5 nitrogen and oxygen atoms in total. The Morgan fingerprint density at radius 1 is 1.20 bits per heavy atom. The van der Waals surface area contributed by atoms with E-state index in [4.69, 9.17) is 0 Å². The Balaban J connectivity index is 2.13. The number of carboxylic acids is 1. The number of hydrogen-bond donors (Lipinski definition) is 1. The molecule has 2 aromatic heterocycles. The van der Waals surface area contributed by atoms with E-state index in [1.807, 2.05) is 49.9 Å². The van der Waals surface area contributed by atoms with Gasteiger partial charge in [0.15, 0.2) is 0 Å². The molecule has 1 N–H and O–H groups in total. The van der Waals surface area contributed by atoms with Crippen molar-refractivity contribution in [2.24, 2.45) is 7.05 Å². The highest BCUT2D eigenvalue weighted by atomic mass is 16.4. The molecule has 1 aromatic carbocycles. The highest BCUT2D eigenvalue weighted by Crippen LogP contribution is 2.24. The zero-order valence-corrected chi connectivity index (χ0v) is 10.9. The zero-order valence-electron chi connectivity index (χ0n) is 10.9. The smallest absolute Gasteiger partial charge is 0.337 e. The fourth-order valence-electron chi connectivity index (χ4n) is 2.18. The van der Waals surface area contributed by atoms with E-state index in [0.717, 1.165) is 11.1 Å². The predicted octanol–water partition coefficient (Wildman–Crippen LogP) is 2.58. The Hall–Kier alpha value is -2.82. The lowest BCUT2D eigenvalue weighted by Crippen LogP contribution is -2.04. The molecule has 0 aliphatic carbocycles. The maximum atomic E-state index is 11.5. The highest BCUT2D eigenvalue weighted by molar-refractivity contribution is 5.93. The molecule has 2 heterocycles. The Morgan fingerprint density at radius 3 is 2.55 bits per heavy atom. The molecule has 0 amide bonds. The number of aromatic nitrogens is 3. The summed E-state index contributed by atoms with van der Waals surface area (Å²) in [7, 11) is 1.83. The largest absolute Gasteiger partial charge is 0.478 e. The Kier molecular flexibility index (Phi) is 2.87. The van der Waals surface area contributed by atoms with Crippen molar-refractivity contribution in [2.45, 2.75) is 0 Å². The quantitative estimate of drug-likeness (QED) is 0.793. The van der Waals surface area contributed by atoms with Crippen molar-refractivity contribution in [1.82, 2.24) is 14.3 Å². The molecule has 0 saturated carbocycles. The normalized spacial score (nSPS) is 10.7. The molecule has 0 fully saturated rings. The molecule has 0 aliphatic heterocycles. The number of nitrogens with zero attached hydrogens (tertiary/aromatic N) is 3. The third-order valence-corrected chi connectivity index (χ3v) is 3.15. The van der Waals surface area contributed by atoms with Gasteiger partial charge in [0.1, 0.15) is 0 Å². The lowest BCUT2D eigenvalue weighted by atomic mass is 10.0. The molecular weight excluding hydrogens is 254 g/mol. The number of aromatic carboxylic acids is 1. The summed E-state index contributed by atoms with van der Waals surface area (Å²) in [5.41, 5.74) is 2.65. The molecule has 0 spiro atoms. The van der Waals surface area contributed by atoms with Crippen LogP contribution >= 0.6 is 0 Å². The summed E-state index contributed by atoms with van der Waals surface area (Å²) in [5.74, 6) is -0.945. The van der Waals surface area contributed by atoms with Crippen LogP contribution in [0, 0.1) is 0 Å². The van der Waals surface area contributed by atoms with E-state index >= 15 is 0 Å². The van der Waals surface area contributed by atoms with Crippen LogP contribution < -0.4 is 0 Å². The summed E-state index contributed by atoms with van der Waals surface area (Å²) in [5, 5.41) is 13.5. The fraction of sp³-hybridized carbons (Fsp3) is 0.0667. The summed E-state index contributed by atoms with van der Waals surface area (Å²) in [6, 6.07) is 9.11. The van der Waals surface area contributed by atoms with Gasteiger partial charge in [0, 0.05) is 31.2 Å². The summed E-state index contributed by atoms with van der Waals surface area (Å²) in [6.07, 6.45) is 7.23. The van der Waals surface area contributed by atoms with Gasteiger partial charge in [-0.15, -0.1) is 0 Å². The Labute approximate surface area is 115 Å². The van der Waals surface area contributed by atoms with Crippen molar-refractivity contribution in [2.75, 3.05) is 0 Å². The van der Waals surface area contributed by atoms with Crippen LogP contribution in [-0.2, 0) is 7.05 Å². The SMILES string of the molecule is Cn1cc(-c2ccc(-n3cccc3)c(C(=O)O)c2)cn1. The predicted molar refractivity (Wildman–Crippen MR) is 74.9 cm³/mol. The van der Waals surface area contributed by atoms with Crippen molar-refractivity contribution >= 4 is 5.97 Å². The fourth-order valence-corrected chi connectivity index (χ4v) is 2.18. The molecule has 0 saturated heterocycles. The zero-order chi connectivity index (χ0) is 14.1. The minimum Gasteiger partial charge on any atom is -0.478 e. The van der Waals surface area contributed by atoms with E-state index in [0.29, 0.717) is 5.69 Å². The lowest BCUT2D eigenvalue weighted by molar-refractivity contribution is 0.0697. The van der Waals surface area contributed by atoms with E-state index in [1.54, 1.807) is 21.5 Å². The van der Waals surface area contributed by atoms with Gasteiger partial charge in [0.05, 0.1) is 17.4 Å².